The Kier molecular flexibility index (Phi) is 6.71. The smallest absolute Gasteiger partial charge is 0.328 e. The third-order valence-electron chi connectivity index (χ3n) is 3.28. The Morgan fingerprint density at radius 1 is 0.960 bits per heavy atom. The predicted molar refractivity (Wildman–Crippen MR) is 93.6 cm³/mol. The number of hydrogen-bond acceptors (Lipinski definition) is 5. The molecule has 6 heteroatoms. The summed E-state index contributed by atoms with van der Waals surface area (Å²) in [6.07, 6.45) is 2.53. The molecule has 0 radical (unpaired) electrons. The molecule has 0 aliphatic carbocycles. The number of rotatable bonds is 9. The summed E-state index contributed by atoms with van der Waals surface area (Å²) in [5, 5.41) is 8.77. The molecule has 0 saturated heterocycles. The molecule has 0 aromatic heterocycles. The molecule has 6 nitrogen and oxygen atoms in total. The van der Waals surface area contributed by atoms with Crippen LogP contribution in [0.4, 0.5) is 0 Å². The van der Waals surface area contributed by atoms with Crippen molar-refractivity contribution < 1.29 is 28.8 Å². The quantitative estimate of drug-likeness (QED) is 0.556. The fraction of sp³-hybridized carbons (Fsp3) is 0.211. The fourth-order valence-corrected chi connectivity index (χ4v) is 2.07. The SMILES string of the molecule is COc1cccc(OCCOc2cc(OC)ccc2C=CC(=O)O)c1. The number of hydrogen-bond donors (Lipinski definition) is 1. The largest absolute Gasteiger partial charge is 0.497 e. The van der Waals surface area contributed by atoms with Gasteiger partial charge in [0.25, 0.3) is 0 Å². The van der Waals surface area contributed by atoms with Crippen molar-refractivity contribution in [3.05, 3.63) is 54.1 Å². The van der Waals surface area contributed by atoms with Crippen molar-refractivity contribution in [2.45, 2.75) is 0 Å². The van der Waals surface area contributed by atoms with Gasteiger partial charge in [-0.2, -0.15) is 0 Å². The lowest BCUT2D eigenvalue weighted by molar-refractivity contribution is -0.131. The molecule has 2 aromatic carbocycles. The third kappa shape index (κ3) is 5.76. The topological polar surface area (TPSA) is 74.2 Å². The predicted octanol–water partition coefficient (Wildman–Crippen LogP) is 3.26. The van der Waals surface area contributed by atoms with Gasteiger partial charge in [-0.1, -0.05) is 6.07 Å². The van der Waals surface area contributed by atoms with E-state index in [1.165, 1.54) is 6.08 Å². The lowest BCUT2D eigenvalue weighted by atomic mass is 10.1. The lowest BCUT2D eigenvalue weighted by Gasteiger charge is -2.12. The van der Waals surface area contributed by atoms with Crippen LogP contribution in [0.2, 0.25) is 0 Å². The summed E-state index contributed by atoms with van der Waals surface area (Å²) >= 11 is 0. The van der Waals surface area contributed by atoms with Gasteiger partial charge in [-0.05, 0) is 30.3 Å². The first kappa shape index (κ1) is 18.2. The zero-order valence-corrected chi connectivity index (χ0v) is 14.1. The van der Waals surface area contributed by atoms with Crippen LogP contribution >= 0.6 is 0 Å². The Hall–Kier alpha value is -3.15. The summed E-state index contributed by atoms with van der Waals surface area (Å²) < 4.78 is 21.6. The van der Waals surface area contributed by atoms with E-state index in [2.05, 4.69) is 0 Å². The van der Waals surface area contributed by atoms with Gasteiger partial charge in [-0.3, -0.25) is 0 Å². The zero-order chi connectivity index (χ0) is 18.1. The van der Waals surface area contributed by atoms with Crippen LogP contribution in [-0.2, 0) is 4.79 Å². The molecule has 0 atom stereocenters. The van der Waals surface area contributed by atoms with E-state index in [1.54, 1.807) is 38.5 Å². The van der Waals surface area contributed by atoms with Crippen LogP contribution in [0.25, 0.3) is 6.08 Å². The van der Waals surface area contributed by atoms with Crippen molar-refractivity contribution >= 4 is 12.0 Å². The van der Waals surface area contributed by atoms with Crippen LogP contribution < -0.4 is 18.9 Å². The standard InChI is InChI=1S/C19H20O6/c1-22-15-4-3-5-17(12-15)24-10-11-25-18-13-16(23-2)8-6-14(18)7-9-19(20)21/h3-9,12-13H,10-11H2,1-2H3,(H,20,21). The minimum absolute atomic E-state index is 0.290. The molecule has 132 valence electrons. The number of carbonyl (C=O) groups is 1. The van der Waals surface area contributed by atoms with E-state index < -0.39 is 5.97 Å². The van der Waals surface area contributed by atoms with Crippen LogP contribution in [-0.4, -0.2) is 38.5 Å². The maximum absolute atomic E-state index is 10.7. The highest BCUT2D eigenvalue weighted by Crippen LogP contribution is 2.26. The highest BCUT2D eigenvalue weighted by molar-refractivity contribution is 5.86. The average molecular weight is 344 g/mol. The molecule has 0 bridgehead atoms. The van der Waals surface area contributed by atoms with Crippen LogP contribution in [0.1, 0.15) is 5.56 Å². The summed E-state index contributed by atoms with van der Waals surface area (Å²) in [6, 6.07) is 12.5. The molecular weight excluding hydrogens is 324 g/mol. The minimum atomic E-state index is -1.02. The van der Waals surface area contributed by atoms with Crippen LogP contribution in [0, 0.1) is 0 Å². The molecule has 0 saturated carbocycles. The van der Waals surface area contributed by atoms with E-state index in [0.717, 1.165) is 6.08 Å². The van der Waals surface area contributed by atoms with E-state index in [9.17, 15) is 4.79 Å². The number of aliphatic carboxylic acids is 1. The first-order valence-corrected chi connectivity index (χ1v) is 7.61. The summed E-state index contributed by atoms with van der Waals surface area (Å²) in [4.78, 5) is 10.7. The van der Waals surface area contributed by atoms with E-state index in [-0.39, 0.29) is 6.61 Å². The van der Waals surface area contributed by atoms with Gasteiger partial charge in [0.2, 0.25) is 0 Å². The maximum atomic E-state index is 10.7. The van der Waals surface area contributed by atoms with Crippen molar-refractivity contribution in [2.24, 2.45) is 0 Å². The zero-order valence-electron chi connectivity index (χ0n) is 14.1. The van der Waals surface area contributed by atoms with Gasteiger partial charge in [0.1, 0.15) is 36.2 Å². The van der Waals surface area contributed by atoms with Crippen LogP contribution in [0.15, 0.2) is 48.5 Å². The van der Waals surface area contributed by atoms with Crippen molar-refractivity contribution in [3.8, 4) is 23.0 Å². The molecule has 2 rings (SSSR count). The first-order chi connectivity index (χ1) is 12.1. The second kappa shape index (κ2) is 9.22. The fourth-order valence-electron chi connectivity index (χ4n) is 2.07. The molecule has 0 aliphatic heterocycles. The van der Waals surface area contributed by atoms with E-state index in [1.807, 2.05) is 18.2 Å². The molecule has 0 heterocycles. The van der Waals surface area contributed by atoms with Gasteiger partial charge in [0.05, 0.1) is 14.2 Å². The van der Waals surface area contributed by atoms with Crippen molar-refractivity contribution in [1.29, 1.82) is 0 Å². The molecule has 0 fully saturated rings. The van der Waals surface area contributed by atoms with Crippen molar-refractivity contribution in [3.63, 3.8) is 0 Å². The highest BCUT2D eigenvalue weighted by Gasteiger charge is 2.05. The molecule has 1 N–H and O–H groups in total. The Balaban J connectivity index is 1.97. The molecule has 25 heavy (non-hydrogen) atoms. The van der Waals surface area contributed by atoms with Crippen molar-refractivity contribution in [2.75, 3.05) is 27.4 Å². The summed E-state index contributed by atoms with van der Waals surface area (Å²) in [5.74, 6) is 1.51. The maximum Gasteiger partial charge on any atom is 0.328 e. The van der Waals surface area contributed by atoms with Gasteiger partial charge in [0, 0.05) is 23.8 Å². The van der Waals surface area contributed by atoms with Gasteiger partial charge in [-0.15, -0.1) is 0 Å². The Bertz CT molecular complexity index is 738. The molecule has 2 aromatic rings. The van der Waals surface area contributed by atoms with Crippen LogP contribution in [0.5, 0.6) is 23.0 Å². The summed E-state index contributed by atoms with van der Waals surface area (Å²) in [7, 11) is 3.15. The summed E-state index contributed by atoms with van der Waals surface area (Å²) in [6.45, 7) is 0.616. The van der Waals surface area contributed by atoms with Crippen molar-refractivity contribution in [1.82, 2.24) is 0 Å². The number of benzene rings is 2. The molecule has 0 amide bonds. The Morgan fingerprint density at radius 2 is 1.64 bits per heavy atom. The Labute approximate surface area is 146 Å². The number of ether oxygens (including phenoxy) is 4. The van der Waals surface area contributed by atoms with Crippen LogP contribution in [0.3, 0.4) is 0 Å². The number of carboxylic acids is 1. The van der Waals surface area contributed by atoms with E-state index in [4.69, 9.17) is 24.1 Å². The summed E-state index contributed by atoms with van der Waals surface area (Å²) in [5.41, 5.74) is 0.643. The van der Waals surface area contributed by atoms with E-state index >= 15 is 0 Å². The molecular formula is C19H20O6. The second-order valence-corrected chi connectivity index (χ2v) is 4.95. The normalized spacial score (nSPS) is 10.5. The number of carboxylic acid groups (broad SMARTS) is 1. The van der Waals surface area contributed by atoms with Gasteiger partial charge < -0.3 is 24.1 Å². The molecule has 0 spiro atoms. The van der Waals surface area contributed by atoms with E-state index in [0.29, 0.717) is 35.2 Å². The van der Waals surface area contributed by atoms with Gasteiger partial charge >= 0.3 is 5.97 Å². The average Bonchev–Trinajstić information content (AvgIpc) is 2.64. The van der Waals surface area contributed by atoms with Gasteiger partial charge in [-0.25, -0.2) is 4.79 Å². The lowest BCUT2D eigenvalue weighted by Crippen LogP contribution is -2.09. The second-order valence-electron chi connectivity index (χ2n) is 4.95. The minimum Gasteiger partial charge on any atom is -0.497 e. The molecule has 0 aliphatic rings. The molecule has 0 unspecified atom stereocenters. The monoisotopic (exact) mass is 344 g/mol. The Morgan fingerprint density at radius 3 is 2.36 bits per heavy atom. The first-order valence-electron chi connectivity index (χ1n) is 7.61. The van der Waals surface area contributed by atoms with Gasteiger partial charge in [0.15, 0.2) is 0 Å². The number of methoxy groups -OCH3 is 2. The highest BCUT2D eigenvalue weighted by atomic mass is 16.5. The third-order valence-corrected chi connectivity index (χ3v) is 3.28.